The van der Waals surface area contributed by atoms with Gasteiger partial charge in [-0.3, -0.25) is 9.59 Å². The lowest BCUT2D eigenvalue weighted by molar-refractivity contribution is -0.136. The summed E-state index contributed by atoms with van der Waals surface area (Å²) < 4.78 is 0. The highest BCUT2D eigenvalue weighted by Gasteiger charge is 2.28. The number of carbonyl (C=O) groups is 1. The van der Waals surface area contributed by atoms with E-state index in [9.17, 15) is 9.59 Å². The van der Waals surface area contributed by atoms with E-state index < -0.39 is 5.97 Å². The summed E-state index contributed by atoms with van der Waals surface area (Å²) in [6, 6.07) is 10.1. The zero-order valence-electron chi connectivity index (χ0n) is 16.6. The molecule has 1 aromatic carbocycles. The Hall–Kier alpha value is -2.07. The number of benzene rings is 1. The molecule has 1 aromatic heterocycles. The molecule has 154 valence electrons. The highest BCUT2D eigenvalue weighted by molar-refractivity contribution is 6.31. The second kappa shape index (κ2) is 8.74. The third-order valence-corrected chi connectivity index (χ3v) is 6.84. The van der Waals surface area contributed by atoms with Crippen LogP contribution in [0.2, 0.25) is 5.02 Å². The van der Waals surface area contributed by atoms with Crippen LogP contribution in [-0.4, -0.2) is 16.1 Å². The van der Waals surface area contributed by atoms with Crippen molar-refractivity contribution in [2.24, 2.45) is 5.92 Å². The van der Waals surface area contributed by atoms with Gasteiger partial charge in [0.05, 0.1) is 0 Å². The fraction of sp³-hybridized carbons (Fsp3) is 0.500. The average molecular weight is 414 g/mol. The van der Waals surface area contributed by atoms with Crippen molar-refractivity contribution in [1.29, 1.82) is 0 Å². The number of hydrogen-bond acceptors (Lipinski definition) is 2. The van der Waals surface area contributed by atoms with E-state index in [4.69, 9.17) is 16.7 Å². The zero-order valence-corrected chi connectivity index (χ0v) is 17.4. The second-order valence-corrected chi connectivity index (χ2v) is 9.06. The molecule has 1 atom stereocenters. The summed E-state index contributed by atoms with van der Waals surface area (Å²) in [6.07, 6.45) is 8.77. The highest BCUT2D eigenvalue weighted by Crippen LogP contribution is 2.40. The van der Waals surface area contributed by atoms with Crippen molar-refractivity contribution in [3.05, 3.63) is 68.1 Å². The first-order chi connectivity index (χ1) is 14.0. The molecule has 0 aliphatic heterocycles. The summed E-state index contributed by atoms with van der Waals surface area (Å²) in [5.41, 5.74) is 3.87. The summed E-state index contributed by atoms with van der Waals surface area (Å²) in [5, 5.41) is 9.54. The molecule has 0 radical (unpaired) electrons. The first kappa shape index (κ1) is 20.2. The lowest BCUT2D eigenvalue weighted by atomic mass is 9.84. The monoisotopic (exact) mass is 413 g/mol. The van der Waals surface area contributed by atoms with Crippen molar-refractivity contribution in [2.45, 2.75) is 69.6 Å². The van der Waals surface area contributed by atoms with Crippen LogP contribution in [0.4, 0.5) is 0 Å². The van der Waals surface area contributed by atoms with Gasteiger partial charge in [0.15, 0.2) is 0 Å². The SMILES string of the molecule is O=C(O)CCc1ccc(C(CC2CCCC2)c2ccc(C3CC3)c(=O)[nH]2)cc1Cl. The molecule has 4 rings (SSSR count). The molecule has 1 unspecified atom stereocenters. The normalized spacial score (nSPS) is 18.1. The Morgan fingerprint density at radius 1 is 1.14 bits per heavy atom. The summed E-state index contributed by atoms with van der Waals surface area (Å²) in [6.45, 7) is 0. The van der Waals surface area contributed by atoms with E-state index in [0.29, 0.717) is 23.3 Å². The number of carboxylic acid groups (broad SMARTS) is 1. The van der Waals surface area contributed by atoms with Crippen LogP contribution in [0.25, 0.3) is 0 Å². The molecule has 2 aromatic rings. The number of rotatable bonds is 8. The summed E-state index contributed by atoms with van der Waals surface area (Å²) in [7, 11) is 0. The molecular formula is C24H28ClNO3. The van der Waals surface area contributed by atoms with E-state index in [0.717, 1.165) is 41.6 Å². The fourth-order valence-electron chi connectivity index (χ4n) is 4.67. The Balaban J connectivity index is 1.63. The predicted octanol–water partition coefficient (Wildman–Crippen LogP) is 5.64. The van der Waals surface area contributed by atoms with Gasteiger partial charge in [0.2, 0.25) is 0 Å². The summed E-state index contributed by atoms with van der Waals surface area (Å²) in [5.74, 6) is 0.378. The minimum absolute atomic E-state index is 0.0468. The van der Waals surface area contributed by atoms with Gasteiger partial charge in [-0.05, 0) is 60.8 Å². The van der Waals surface area contributed by atoms with Crippen LogP contribution in [-0.2, 0) is 11.2 Å². The molecule has 2 fully saturated rings. The molecule has 2 saturated carbocycles. The molecule has 5 heteroatoms. The van der Waals surface area contributed by atoms with Crippen molar-refractivity contribution in [3.63, 3.8) is 0 Å². The number of aliphatic carboxylic acids is 1. The minimum Gasteiger partial charge on any atom is -0.481 e. The molecule has 29 heavy (non-hydrogen) atoms. The van der Waals surface area contributed by atoms with Crippen LogP contribution >= 0.6 is 11.6 Å². The molecule has 1 heterocycles. The number of hydrogen-bond donors (Lipinski definition) is 2. The number of pyridine rings is 1. The van der Waals surface area contributed by atoms with E-state index in [1.165, 1.54) is 25.7 Å². The molecule has 2 aliphatic rings. The van der Waals surface area contributed by atoms with Crippen LogP contribution in [0.5, 0.6) is 0 Å². The Labute approximate surface area is 176 Å². The Kier molecular flexibility index (Phi) is 6.09. The van der Waals surface area contributed by atoms with Crippen LogP contribution in [0.15, 0.2) is 35.1 Å². The number of nitrogens with one attached hydrogen (secondary N) is 1. The fourth-order valence-corrected chi connectivity index (χ4v) is 4.95. The van der Waals surface area contributed by atoms with Crippen molar-refractivity contribution in [1.82, 2.24) is 4.98 Å². The summed E-state index contributed by atoms with van der Waals surface area (Å²) in [4.78, 5) is 26.7. The van der Waals surface area contributed by atoms with Crippen LogP contribution < -0.4 is 5.56 Å². The van der Waals surface area contributed by atoms with Gasteiger partial charge in [0.25, 0.3) is 5.56 Å². The Bertz CT molecular complexity index is 941. The van der Waals surface area contributed by atoms with E-state index in [-0.39, 0.29) is 17.9 Å². The van der Waals surface area contributed by atoms with Crippen molar-refractivity contribution >= 4 is 17.6 Å². The van der Waals surface area contributed by atoms with Crippen molar-refractivity contribution < 1.29 is 9.90 Å². The first-order valence-electron chi connectivity index (χ1n) is 10.7. The predicted molar refractivity (Wildman–Crippen MR) is 115 cm³/mol. The maximum atomic E-state index is 12.6. The summed E-state index contributed by atoms with van der Waals surface area (Å²) >= 11 is 6.50. The van der Waals surface area contributed by atoms with Gasteiger partial charge in [0, 0.05) is 28.6 Å². The lowest BCUT2D eigenvalue weighted by Gasteiger charge is -2.22. The van der Waals surface area contributed by atoms with E-state index in [1.807, 2.05) is 18.2 Å². The standard InChI is InChI=1S/C24H28ClNO3/c25-21-14-18(8-7-17(21)9-12-23(27)28)20(13-15-3-1-2-4-15)22-11-10-19(16-5-6-16)24(29)26-22/h7-8,10-11,14-16,20H,1-6,9,12-13H2,(H,26,29)(H,27,28). The molecule has 0 bridgehead atoms. The second-order valence-electron chi connectivity index (χ2n) is 8.66. The van der Waals surface area contributed by atoms with Gasteiger partial charge in [-0.15, -0.1) is 0 Å². The van der Waals surface area contributed by atoms with Crippen LogP contribution in [0, 0.1) is 5.92 Å². The molecule has 2 N–H and O–H groups in total. The number of aryl methyl sites for hydroxylation is 1. The maximum Gasteiger partial charge on any atom is 0.303 e. The van der Waals surface area contributed by atoms with Gasteiger partial charge >= 0.3 is 5.97 Å². The van der Waals surface area contributed by atoms with Crippen LogP contribution in [0.1, 0.15) is 85.6 Å². The molecule has 4 nitrogen and oxygen atoms in total. The molecule has 0 saturated heterocycles. The van der Waals surface area contributed by atoms with Crippen LogP contribution in [0.3, 0.4) is 0 Å². The zero-order chi connectivity index (χ0) is 20.4. The number of halogens is 1. The van der Waals surface area contributed by atoms with Crippen molar-refractivity contribution in [3.8, 4) is 0 Å². The smallest absolute Gasteiger partial charge is 0.303 e. The van der Waals surface area contributed by atoms with E-state index in [2.05, 4.69) is 17.1 Å². The Morgan fingerprint density at radius 3 is 2.52 bits per heavy atom. The lowest BCUT2D eigenvalue weighted by Crippen LogP contribution is -2.17. The molecule has 2 aliphatic carbocycles. The maximum absolute atomic E-state index is 12.6. The van der Waals surface area contributed by atoms with E-state index in [1.54, 1.807) is 0 Å². The topological polar surface area (TPSA) is 70.2 Å². The third-order valence-electron chi connectivity index (χ3n) is 6.49. The molecular weight excluding hydrogens is 386 g/mol. The van der Waals surface area contributed by atoms with Gasteiger partial charge in [-0.25, -0.2) is 0 Å². The third kappa shape index (κ3) is 4.92. The quantitative estimate of drug-likeness (QED) is 0.588. The number of aromatic amines is 1. The first-order valence-corrected chi connectivity index (χ1v) is 11.1. The highest BCUT2D eigenvalue weighted by atomic mass is 35.5. The van der Waals surface area contributed by atoms with Crippen molar-refractivity contribution in [2.75, 3.05) is 0 Å². The molecule has 0 spiro atoms. The number of carboxylic acids is 1. The van der Waals surface area contributed by atoms with Gasteiger partial charge < -0.3 is 10.1 Å². The van der Waals surface area contributed by atoms with Gasteiger partial charge in [0.1, 0.15) is 0 Å². The van der Waals surface area contributed by atoms with E-state index >= 15 is 0 Å². The number of H-pyrrole nitrogens is 1. The van der Waals surface area contributed by atoms with Gasteiger partial charge in [-0.2, -0.15) is 0 Å². The van der Waals surface area contributed by atoms with Gasteiger partial charge in [-0.1, -0.05) is 55.5 Å². The number of aromatic nitrogens is 1. The largest absolute Gasteiger partial charge is 0.481 e. The minimum atomic E-state index is -0.822. The average Bonchev–Trinajstić information content (AvgIpc) is 3.40. The Morgan fingerprint density at radius 2 is 1.90 bits per heavy atom. The molecule has 0 amide bonds.